The second-order valence-electron chi connectivity index (χ2n) is 4.77. The highest BCUT2D eigenvalue weighted by atomic mass is 15.0. The summed E-state index contributed by atoms with van der Waals surface area (Å²) in [7, 11) is 0. The minimum atomic E-state index is 0.622. The predicted molar refractivity (Wildman–Crippen MR) is 70.1 cm³/mol. The van der Waals surface area contributed by atoms with Gasteiger partial charge in [0.05, 0.1) is 17.6 Å². The molecule has 0 atom stereocenters. The molecule has 0 bridgehead atoms. The Morgan fingerprint density at radius 3 is 2.88 bits per heavy atom. The van der Waals surface area contributed by atoms with Gasteiger partial charge in [-0.05, 0) is 32.7 Å². The minimum Gasteiger partial charge on any atom is -0.382 e. The molecule has 3 N–H and O–H groups in total. The first-order chi connectivity index (χ1) is 8.31. The molecule has 1 heterocycles. The number of rotatable bonds is 5. The molecular weight excluding hydrogens is 212 g/mol. The molecule has 0 saturated heterocycles. The van der Waals surface area contributed by atoms with Crippen molar-refractivity contribution in [2.24, 2.45) is 5.73 Å². The fraction of sp³-hybridized carbons (Fsp3) is 0.692. The Balaban J connectivity index is 2.12. The van der Waals surface area contributed by atoms with Gasteiger partial charge in [0, 0.05) is 12.5 Å². The minimum absolute atomic E-state index is 0.622. The second kappa shape index (κ2) is 5.96. The van der Waals surface area contributed by atoms with Gasteiger partial charge in [0.2, 0.25) is 0 Å². The lowest BCUT2D eigenvalue weighted by Gasteiger charge is -2.15. The fourth-order valence-electron chi connectivity index (χ4n) is 2.46. The van der Waals surface area contributed by atoms with Crippen LogP contribution < -0.4 is 11.1 Å². The van der Waals surface area contributed by atoms with E-state index in [9.17, 15) is 0 Å². The SMILES string of the molecule is Cc1ncc(NCCCN)c(C2CCCC2)n1. The van der Waals surface area contributed by atoms with Gasteiger partial charge in [-0.2, -0.15) is 0 Å². The van der Waals surface area contributed by atoms with Crippen molar-refractivity contribution in [2.45, 2.75) is 44.9 Å². The number of nitrogens with zero attached hydrogens (tertiary/aromatic N) is 2. The molecule has 0 aromatic carbocycles. The third-order valence-corrected chi connectivity index (χ3v) is 3.38. The first-order valence-corrected chi connectivity index (χ1v) is 6.58. The van der Waals surface area contributed by atoms with Gasteiger partial charge in [0.25, 0.3) is 0 Å². The van der Waals surface area contributed by atoms with Gasteiger partial charge in [0.1, 0.15) is 5.82 Å². The number of hydrogen-bond acceptors (Lipinski definition) is 4. The number of anilines is 1. The number of hydrogen-bond donors (Lipinski definition) is 2. The molecule has 1 fully saturated rings. The van der Waals surface area contributed by atoms with Gasteiger partial charge < -0.3 is 11.1 Å². The van der Waals surface area contributed by atoms with E-state index in [0.29, 0.717) is 5.92 Å². The van der Waals surface area contributed by atoms with Crippen LogP contribution >= 0.6 is 0 Å². The van der Waals surface area contributed by atoms with E-state index < -0.39 is 0 Å². The zero-order valence-electron chi connectivity index (χ0n) is 10.6. The van der Waals surface area contributed by atoms with Crippen LogP contribution in [0.3, 0.4) is 0 Å². The van der Waals surface area contributed by atoms with Crippen LogP contribution in [0.2, 0.25) is 0 Å². The Morgan fingerprint density at radius 2 is 2.18 bits per heavy atom. The normalized spacial score (nSPS) is 16.4. The smallest absolute Gasteiger partial charge is 0.125 e. The summed E-state index contributed by atoms with van der Waals surface area (Å²) in [6.07, 6.45) is 8.10. The Hall–Kier alpha value is -1.16. The molecule has 0 amide bonds. The lowest BCUT2D eigenvalue weighted by Crippen LogP contribution is -2.12. The summed E-state index contributed by atoms with van der Waals surface area (Å²) < 4.78 is 0. The molecule has 0 radical (unpaired) electrons. The maximum absolute atomic E-state index is 5.51. The Morgan fingerprint density at radius 1 is 1.41 bits per heavy atom. The summed E-state index contributed by atoms with van der Waals surface area (Å²) in [5.41, 5.74) is 7.83. The number of nitrogens with two attached hydrogens (primary N) is 1. The first-order valence-electron chi connectivity index (χ1n) is 6.58. The maximum Gasteiger partial charge on any atom is 0.125 e. The fourth-order valence-corrected chi connectivity index (χ4v) is 2.46. The van der Waals surface area contributed by atoms with Gasteiger partial charge in [-0.3, -0.25) is 0 Å². The highest BCUT2D eigenvalue weighted by Crippen LogP contribution is 2.36. The largest absolute Gasteiger partial charge is 0.382 e. The molecule has 4 heteroatoms. The standard InChI is InChI=1S/C13H22N4/c1-10-16-9-12(15-8-4-7-14)13(17-10)11-5-2-3-6-11/h9,11,15H,2-8,14H2,1H3. The molecule has 1 aromatic rings. The lowest BCUT2D eigenvalue weighted by molar-refractivity contribution is 0.689. The monoisotopic (exact) mass is 234 g/mol. The molecule has 17 heavy (non-hydrogen) atoms. The van der Waals surface area contributed by atoms with E-state index in [1.807, 2.05) is 13.1 Å². The van der Waals surface area contributed by atoms with E-state index in [2.05, 4.69) is 15.3 Å². The van der Waals surface area contributed by atoms with Crippen LogP contribution in [-0.2, 0) is 0 Å². The molecule has 1 aliphatic rings. The van der Waals surface area contributed by atoms with Gasteiger partial charge >= 0.3 is 0 Å². The molecule has 2 rings (SSSR count). The van der Waals surface area contributed by atoms with Crippen LogP contribution in [0.25, 0.3) is 0 Å². The van der Waals surface area contributed by atoms with E-state index in [1.54, 1.807) is 0 Å². The maximum atomic E-state index is 5.51. The van der Waals surface area contributed by atoms with E-state index in [0.717, 1.165) is 31.0 Å². The average Bonchev–Trinajstić information content (AvgIpc) is 2.85. The third-order valence-electron chi connectivity index (χ3n) is 3.38. The van der Waals surface area contributed by atoms with Crippen molar-refractivity contribution in [3.8, 4) is 0 Å². The highest BCUT2D eigenvalue weighted by molar-refractivity contribution is 5.47. The summed E-state index contributed by atoms with van der Waals surface area (Å²) in [5.74, 6) is 1.49. The van der Waals surface area contributed by atoms with Crippen molar-refractivity contribution in [1.29, 1.82) is 0 Å². The predicted octanol–water partition coefficient (Wildman–Crippen LogP) is 2.20. The molecule has 4 nitrogen and oxygen atoms in total. The molecule has 94 valence electrons. The Kier molecular flexibility index (Phi) is 4.31. The van der Waals surface area contributed by atoms with Gasteiger partial charge in [-0.15, -0.1) is 0 Å². The van der Waals surface area contributed by atoms with Gasteiger partial charge in [-0.1, -0.05) is 12.8 Å². The number of aromatic nitrogens is 2. The van der Waals surface area contributed by atoms with Gasteiger partial charge in [0.15, 0.2) is 0 Å². The second-order valence-corrected chi connectivity index (χ2v) is 4.77. The van der Waals surface area contributed by atoms with Crippen LogP contribution in [0.5, 0.6) is 0 Å². The molecule has 0 spiro atoms. The molecule has 0 unspecified atom stereocenters. The lowest BCUT2D eigenvalue weighted by atomic mass is 10.0. The van der Waals surface area contributed by atoms with Crippen molar-refractivity contribution in [3.63, 3.8) is 0 Å². The van der Waals surface area contributed by atoms with Crippen molar-refractivity contribution in [2.75, 3.05) is 18.4 Å². The topological polar surface area (TPSA) is 63.8 Å². The summed E-state index contributed by atoms with van der Waals surface area (Å²) in [6.45, 7) is 3.59. The first kappa shape index (κ1) is 12.3. The molecular formula is C13H22N4. The molecule has 0 aliphatic heterocycles. The zero-order chi connectivity index (χ0) is 12.1. The molecule has 1 aromatic heterocycles. The summed E-state index contributed by atoms with van der Waals surface area (Å²) in [4.78, 5) is 8.91. The van der Waals surface area contributed by atoms with E-state index in [4.69, 9.17) is 5.73 Å². The van der Waals surface area contributed by atoms with E-state index in [1.165, 1.54) is 31.4 Å². The van der Waals surface area contributed by atoms with Crippen molar-refractivity contribution in [3.05, 3.63) is 17.7 Å². The number of nitrogens with one attached hydrogen (secondary N) is 1. The van der Waals surface area contributed by atoms with E-state index >= 15 is 0 Å². The Bertz CT molecular complexity index is 358. The molecule has 1 aliphatic carbocycles. The highest BCUT2D eigenvalue weighted by Gasteiger charge is 2.21. The summed E-state index contributed by atoms with van der Waals surface area (Å²) >= 11 is 0. The van der Waals surface area contributed by atoms with Crippen LogP contribution in [0.4, 0.5) is 5.69 Å². The number of aryl methyl sites for hydroxylation is 1. The summed E-state index contributed by atoms with van der Waals surface area (Å²) in [6, 6.07) is 0. The molecule has 1 saturated carbocycles. The van der Waals surface area contributed by atoms with Crippen LogP contribution in [-0.4, -0.2) is 23.1 Å². The van der Waals surface area contributed by atoms with Crippen LogP contribution in [0, 0.1) is 6.92 Å². The average molecular weight is 234 g/mol. The zero-order valence-corrected chi connectivity index (χ0v) is 10.6. The van der Waals surface area contributed by atoms with Crippen molar-refractivity contribution < 1.29 is 0 Å². The Labute approximate surface area is 103 Å². The third kappa shape index (κ3) is 3.16. The van der Waals surface area contributed by atoms with Crippen LogP contribution in [0.1, 0.15) is 49.5 Å². The quantitative estimate of drug-likeness (QED) is 0.767. The van der Waals surface area contributed by atoms with Gasteiger partial charge in [-0.25, -0.2) is 9.97 Å². The van der Waals surface area contributed by atoms with Crippen molar-refractivity contribution >= 4 is 5.69 Å². The van der Waals surface area contributed by atoms with E-state index in [-0.39, 0.29) is 0 Å². The summed E-state index contributed by atoms with van der Waals surface area (Å²) in [5, 5.41) is 3.41. The van der Waals surface area contributed by atoms with Crippen molar-refractivity contribution in [1.82, 2.24) is 9.97 Å². The van der Waals surface area contributed by atoms with Crippen LogP contribution in [0.15, 0.2) is 6.20 Å².